The Bertz CT molecular complexity index is 1020. The highest BCUT2D eigenvalue weighted by atomic mass is 32.2. The summed E-state index contributed by atoms with van der Waals surface area (Å²) in [5.41, 5.74) is 4.47. The summed E-state index contributed by atoms with van der Waals surface area (Å²) in [6.07, 6.45) is 2.41. The summed E-state index contributed by atoms with van der Waals surface area (Å²) in [5.74, 6) is 1.05. The molecule has 1 fully saturated rings. The summed E-state index contributed by atoms with van der Waals surface area (Å²) in [4.78, 5) is 15.2. The number of carbonyl (C=O) groups is 1. The van der Waals surface area contributed by atoms with Gasteiger partial charge in [0.2, 0.25) is 11.1 Å². The zero-order valence-corrected chi connectivity index (χ0v) is 18.5. The van der Waals surface area contributed by atoms with Crippen molar-refractivity contribution in [2.75, 3.05) is 5.75 Å². The van der Waals surface area contributed by atoms with Gasteiger partial charge in [-0.2, -0.15) is 4.68 Å². The molecule has 0 N–H and O–H groups in total. The van der Waals surface area contributed by atoms with Crippen molar-refractivity contribution in [1.29, 1.82) is 0 Å². The molecule has 1 aliphatic carbocycles. The van der Waals surface area contributed by atoms with Crippen LogP contribution in [0, 0.1) is 19.8 Å². The van der Waals surface area contributed by atoms with Gasteiger partial charge in [0.25, 0.3) is 0 Å². The maximum atomic E-state index is 13.2. The van der Waals surface area contributed by atoms with Gasteiger partial charge in [-0.3, -0.25) is 4.79 Å². The van der Waals surface area contributed by atoms with Crippen LogP contribution in [0.3, 0.4) is 0 Å². The second kappa shape index (κ2) is 9.00. The van der Waals surface area contributed by atoms with Crippen LogP contribution in [0.25, 0.3) is 5.69 Å². The predicted molar refractivity (Wildman–Crippen MR) is 119 cm³/mol. The molecule has 6 nitrogen and oxygen atoms in total. The lowest BCUT2D eigenvalue weighted by atomic mass is 10.1. The third-order valence-corrected chi connectivity index (χ3v) is 6.72. The standard InChI is InChI=1S/C23H27N5OS/c1-16-9-12-21(13-17(16)2)28-23(24-25-26-28)30-15-22(29)27(18(3)20-10-11-20)14-19-7-5-4-6-8-19/h4-9,12-13,18,20H,10-11,14-15H2,1-3H3/t18-/m1/s1. The molecular weight excluding hydrogens is 394 g/mol. The Morgan fingerprint density at radius 2 is 1.93 bits per heavy atom. The lowest BCUT2D eigenvalue weighted by Gasteiger charge is -2.29. The molecule has 1 aliphatic rings. The Hall–Kier alpha value is -2.67. The topological polar surface area (TPSA) is 63.9 Å². The van der Waals surface area contributed by atoms with Crippen LogP contribution in [0.4, 0.5) is 0 Å². The Labute approximate surface area is 181 Å². The Balaban J connectivity index is 1.47. The first-order chi connectivity index (χ1) is 14.5. The van der Waals surface area contributed by atoms with E-state index >= 15 is 0 Å². The molecule has 4 rings (SSSR count). The smallest absolute Gasteiger partial charge is 0.233 e. The normalized spacial score (nSPS) is 14.5. The van der Waals surface area contributed by atoms with Crippen LogP contribution in [-0.4, -0.2) is 42.8 Å². The lowest BCUT2D eigenvalue weighted by Crippen LogP contribution is -2.40. The van der Waals surface area contributed by atoms with Crippen molar-refractivity contribution < 1.29 is 4.79 Å². The molecule has 1 atom stereocenters. The van der Waals surface area contributed by atoms with Crippen molar-refractivity contribution in [2.45, 2.75) is 51.4 Å². The third-order valence-electron chi connectivity index (χ3n) is 5.81. The first kappa shape index (κ1) is 20.6. The minimum atomic E-state index is 0.123. The molecule has 0 aliphatic heterocycles. The van der Waals surface area contributed by atoms with Crippen molar-refractivity contribution in [3.05, 3.63) is 65.2 Å². The van der Waals surface area contributed by atoms with Crippen molar-refractivity contribution in [3.8, 4) is 5.69 Å². The number of benzene rings is 2. The van der Waals surface area contributed by atoms with Gasteiger partial charge in [0, 0.05) is 12.6 Å². The molecule has 3 aromatic rings. The van der Waals surface area contributed by atoms with E-state index in [2.05, 4.69) is 60.6 Å². The van der Waals surface area contributed by atoms with Crippen molar-refractivity contribution in [2.24, 2.45) is 5.92 Å². The van der Waals surface area contributed by atoms with E-state index in [-0.39, 0.29) is 11.9 Å². The zero-order valence-electron chi connectivity index (χ0n) is 17.7. The maximum Gasteiger partial charge on any atom is 0.233 e. The van der Waals surface area contributed by atoms with Gasteiger partial charge < -0.3 is 4.90 Å². The summed E-state index contributed by atoms with van der Waals surface area (Å²) in [7, 11) is 0. The van der Waals surface area contributed by atoms with Crippen molar-refractivity contribution >= 4 is 17.7 Å². The van der Waals surface area contributed by atoms with Crippen LogP contribution < -0.4 is 0 Å². The van der Waals surface area contributed by atoms with Gasteiger partial charge in [-0.05, 0) is 78.8 Å². The first-order valence-electron chi connectivity index (χ1n) is 10.3. The highest BCUT2D eigenvalue weighted by molar-refractivity contribution is 7.99. The molecule has 2 aromatic carbocycles. The molecule has 0 spiro atoms. The average Bonchev–Trinajstić information content (AvgIpc) is 3.50. The SMILES string of the molecule is Cc1ccc(-n2nnnc2SCC(=O)N(Cc2ccccc2)[C@H](C)C2CC2)cc1C. The number of aromatic nitrogens is 4. The number of rotatable bonds is 8. The van der Waals surface area contributed by atoms with Crippen molar-refractivity contribution in [3.63, 3.8) is 0 Å². The highest BCUT2D eigenvalue weighted by Crippen LogP contribution is 2.36. The predicted octanol–water partition coefficient (Wildman–Crippen LogP) is 4.20. The number of carbonyl (C=O) groups excluding carboxylic acids is 1. The van der Waals surface area contributed by atoms with Gasteiger partial charge >= 0.3 is 0 Å². The van der Waals surface area contributed by atoms with Crippen LogP contribution >= 0.6 is 11.8 Å². The molecule has 1 aromatic heterocycles. The van der Waals surface area contributed by atoms with Gasteiger partial charge in [-0.15, -0.1) is 5.10 Å². The van der Waals surface area contributed by atoms with E-state index in [9.17, 15) is 4.79 Å². The van der Waals surface area contributed by atoms with E-state index in [4.69, 9.17) is 0 Å². The van der Waals surface area contributed by atoms with Gasteiger partial charge in [0.1, 0.15) is 0 Å². The number of aryl methyl sites for hydroxylation is 2. The number of hydrogen-bond acceptors (Lipinski definition) is 5. The minimum Gasteiger partial charge on any atom is -0.335 e. The molecule has 0 radical (unpaired) electrons. The minimum absolute atomic E-state index is 0.123. The monoisotopic (exact) mass is 421 g/mol. The van der Waals surface area contributed by atoms with Gasteiger partial charge in [-0.1, -0.05) is 48.2 Å². The summed E-state index contributed by atoms with van der Waals surface area (Å²) in [6.45, 7) is 6.96. The molecule has 0 saturated heterocycles. The number of hydrogen-bond donors (Lipinski definition) is 0. The van der Waals surface area contributed by atoms with E-state index < -0.39 is 0 Å². The second-order valence-electron chi connectivity index (χ2n) is 8.02. The molecule has 7 heteroatoms. The second-order valence-corrected chi connectivity index (χ2v) is 8.96. The van der Waals surface area contributed by atoms with E-state index in [1.807, 2.05) is 29.2 Å². The first-order valence-corrected chi connectivity index (χ1v) is 11.3. The largest absolute Gasteiger partial charge is 0.335 e. The average molecular weight is 422 g/mol. The maximum absolute atomic E-state index is 13.2. The summed E-state index contributed by atoms with van der Waals surface area (Å²) in [6, 6.07) is 16.6. The zero-order chi connectivity index (χ0) is 21.1. The number of tetrazole rings is 1. The van der Waals surface area contributed by atoms with Crippen LogP contribution in [0.1, 0.15) is 36.5 Å². The molecule has 1 amide bonds. The van der Waals surface area contributed by atoms with E-state index in [1.54, 1.807) is 4.68 Å². The summed E-state index contributed by atoms with van der Waals surface area (Å²) >= 11 is 1.39. The fraction of sp³-hybridized carbons (Fsp3) is 0.391. The number of thioether (sulfide) groups is 1. The lowest BCUT2D eigenvalue weighted by molar-refractivity contribution is -0.131. The molecule has 156 valence electrons. The Morgan fingerprint density at radius 3 is 2.63 bits per heavy atom. The van der Waals surface area contributed by atoms with Gasteiger partial charge in [0.15, 0.2) is 0 Å². The quantitative estimate of drug-likeness (QED) is 0.510. The summed E-state index contributed by atoms with van der Waals surface area (Å²) in [5, 5.41) is 12.7. The fourth-order valence-electron chi connectivity index (χ4n) is 3.57. The van der Waals surface area contributed by atoms with E-state index in [0.29, 0.717) is 23.4 Å². The molecule has 1 saturated carbocycles. The van der Waals surface area contributed by atoms with Gasteiger partial charge in [-0.25, -0.2) is 0 Å². The molecule has 30 heavy (non-hydrogen) atoms. The molecule has 1 heterocycles. The van der Waals surface area contributed by atoms with Crippen LogP contribution in [-0.2, 0) is 11.3 Å². The van der Waals surface area contributed by atoms with Crippen molar-refractivity contribution in [1.82, 2.24) is 25.1 Å². The summed E-state index contributed by atoms with van der Waals surface area (Å²) < 4.78 is 1.70. The van der Waals surface area contributed by atoms with Crippen LogP contribution in [0.2, 0.25) is 0 Å². The van der Waals surface area contributed by atoms with Gasteiger partial charge in [0.05, 0.1) is 11.4 Å². The third kappa shape index (κ3) is 4.73. The van der Waals surface area contributed by atoms with Crippen LogP contribution in [0.5, 0.6) is 0 Å². The Kier molecular flexibility index (Phi) is 6.18. The van der Waals surface area contributed by atoms with E-state index in [0.717, 1.165) is 11.3 Å². The molecular formula is C23H27N5OS. The fourth-order valence-corrected chi connectivity index (χ4v) is 4.35. The number of nitrogens with zero attached hydrogens (tertiary/aromatic N) is 5. The van der Waals surface area contributed by atoms with Crippen LogP contribution in [0.15, 0.2) is 53.7 Å². The highest BCUT2D eigenvalue weighted by Gasteiger charge is 2.34. The molecule has 0 bridgehead atoms. The van der Waals surface area contributed by atoms with E-state index in [1.165, 1.54) is 35.7 Å². The Morgan fingerprint density at radius 1 is 1.17 bits per heavy atom. The number of amides is 1. The molecule has 0 unspecified atom stereocenters.